The van der Waals surface area contributed by atoms with Gasteiger partial charge >= 0.3 is 6.09 Å². The number of pyridine rings is 1. The summed E-state index contributed by atoms with van der Waals surface area (Å²) in [5, 5.41) is 9.35. The highest BCUT2D eigenvalue weighted by Crippen LogP contribution is 2.40. The van der Waals surface area contributed by atoms with E-state index in [0.29, 0.717) is 43.7 Å². The second kappa shape index (κ2) is 12.1. The van der Waals surface area contributed by atoms with Crippen LogP contribution in [0.25, 0.3) is 0 Å². The van der Waals surface area contributed by atoms with Gasteiger partial charge in [-0.2, -0.15) is 5.10 Å². The average molecular weight is 587 g/mol. The van der Waals surface area contributed by atoms with Gasteiger partial charge in [0.1, 0.15) is 29.7 Å². The van der Waals surface area contributed by atoms with Crippen LogP contribution in [0, 0.1) is 11.8 Å². The minimum absolute atomic E-state index is 0.0187. The molecule has 2 N–H and O–H groups in total. The number of hydrogen-bond acceptors (Lipinski definition) is 8. The number of amides is 2. The van der Waals surface area contributed by atoms with Gasteiger partial charge in [-0.3, -0.25) is 14.8 Å². The molecule has 2 aromatic heterocycles. The summed E-state index contributed by atoms with van der Waals surface area (Å²) in [5.74, 6) is 0.0125. The minimum Gasteiger partial charge on any atom is -0.471 e. The van der Waals surface area contributed by atoms with E-state index in [-0.39, 0.29) is 29.2 Å². The van der Waals surface area contributed by atoms with E-state index in [0.717, 1.165) is 19.1 Å². The topological polar surface area (TPSA) is 128 Å². The highest BCUT2D eigenvalue weighted by atomic mass is 19.3. The van der Waals surface area contributed by atoms with Crippen LogP contribution < -0.4 is 10.6 Å². The van der Waals surface area contributed by atoms with Crippen molar-refractivity contribution in [3.63, 3.8) is 0 Å². The Bertz CT molecular complexity index is 1340. The van der Waals surface area contributed by atoms with Gasteiger partial charge in [0.25, 0.3) is 12.3 Å². The molecule has 3 heterocycles. The number of carbonyl (C=O) groups excluding carboxylic acids is 3. The maximum Gasteiger partial charge on any atom is 0.413 e. The van der Waals surface area contributed by atoms with Crippen molar-refractivity contribution < 1.29 is 32.6 Å². The number of nitrogens with one attached hydrogen (secondary N) is 2. The van der Waals surface area contributed by atoms with Crippen molar-refractivity contribution in [3.8, 4) is 0 Å². The lowest BCUT2D eigenvalue weighted by Crippen LogP contribution is -2.32. The first-order chi connectivity index (χ1) is 20.0. The number of aldehydes is 1. The van der Waals surface area contributed by atoms with Crippen LogP contribution in [0.4, 0.5) is 25.1 Å². The zero-order chi connectivity index (χ0) is 30.0. The third-order valence-electron chi connectivity index (χ3n) is 7.51. The number of rotatable bonds is 9. The zero-order valence-corrected chi connectivity index (χ0v) is 23.9. The number of alkyl halides is 2. The van der Waals surface area contributed by atoms with Gasteiger partial charge in [-0.05, 0) is 77.3 Å². The molecule has 3 aliphatic rings. The summed E-state index contributed by atoms with van der Waals surface area (Å²) >= 11 is 0. The Balaban J connectivity index is 1.31. The molecule has 1 atom stereocenters. The number of aromatic nitrogens is 3. The third-order valence-corrected chi connectivity index (χ3v) is 7.51. The molecule has 1 aliphatic heterocycles. The Kier molecular flexibility index (Phi) is 8.46. The lowest BCUT2D eigenvalue weighted by atomic mass is 9.87. The summed E-state index contributed by atoms with van der Waals surface area (Å²) in [4.78, 5) is 42.8. The van der Waals surface area contributed by atoms with Crippen molar-refractivity contribution in [2.75, 3.05) is 17.2 Å². The fourth-order valence-corrected chi connectivity index (χ4v) is 5.23. The van der Waals surface area contributed by atoms with Crippen molar-refractivity contribution in [2.45, 2.75) is 83.6 Å². The maximum absolute atomic E-state index is 13.9. The number of carbonyl (C=O) groups is 3. The number of nitrogens with zero attached hydrogens (tertiary/aromatic N) is 4. The quantitative estimate of drug-likeness (QED) is 0.358. The number of ether oxygens (including phenoxy) is 2. The van der Waals surface area contributed by atoms with Crippen LogP contribution in [0.3, 0.4) is 0 Å². The fourth-order valence-electron chi connectivity index (χ4n) is 5.23. The zero-order valence-electron chi connectivity index (χ0n) is 23.9. The molecule has 0 spiro atoms. The fraction of sp³-hybridized carbons (Fsp3) is 0.552. The van der Waals surface area contributed by atoms with E-state index < -0.39 is 35.9 Å². The molecule has 2 amide bonds. The van der Waals surface area contributed by atoms with E-state index in [1.807, 2.05) is 0 Å². The molecule has 5 rings (SSSR count). The second-order valence-electron chi connectivity index (χ2n) is 12.1. The number of hydrogen-bond donors (Lipinski definition) is 2. The van der Waals surface area contributed by atoms with E-state index in [1.165, 1.54) is 23.3 Å². The molecule has 2 saturated carbocycles. The molecule has 2 aliphatic carbocycles. The summed E-state index contributed by atoms with van der Waals surface area (Å²) < 4.78 is 40.6. The van der Waals surface area contributed by atoms with E-state index in [2.05, 4.69) is 20.7 Å². The van der Waals surface area contributed by atoms with E-state index >= 15 is 0 Å². The van der Waals surface area contributed by atoms with Crippen LogP contribution in [0.15, 0.2) is 36.5 Å². The summed E-state index contributed by atoms with van der Waals surface area (Å²) in [6.45, 7) is 5.80. The summed E-state index contributed by atoms with van der Waals surface area (Å²) in [6, 6.07) is 3.24. The Morgan fingerprint density at radius 1 is 1.17 bits per heavy atom. The maximum atomic E-state index is 13.9. The first kappa shape index (κ1) is 29.5. The van der Waals surface area contributed by atoms with Crippen molar-refractivity contribution >= 4 is 29.8 Å². The van der Waals surface area contributed by atoms with Crippen molar-refractivity contribution in [1.29, 1.82) is 0 Å². The van der Waals surface area contributed by atoms with E-state index in [1.54, 1.807) is 37.8 Å². The smallest absolute Gasteiger partial charge is 0.413 e. The standard InChI is InChI=1S/C29H36F2N6O5/c1-29(2,3)42-28(40)34-23-12-19(10-11-32-23)27-36(13-17-4-5-17)22(16-41-27)26(39)33-21-14-37(35-24(21)25(30)31)20-8-6-18(15-38)7-9-20/h10-12,14-18,20,25,27H,4-9,13H2,1-3H3,(H,33,39)(H,32,34,40). The van der Waals surface area contributed by atoms with Crippen molar-refractivity contribution in [3.05, 3.63) is 47.7 Å². The molecule has 226 valence electrons. The molecule has 1 unspecified atom stereocenters. The summed E-state index contributed by atoms with van der Waals surface area (Å²) in [6.07, 6.45) is 5.67. The molecule has 0 bridgehead atoms. The molecular formula is C29H36F2N6O5. The van der Waals surface area contributed by atoms with Crippen LogP contribution in [0.1, 0.15) is 89.2 Å². The molecule has 0 aromatic carbocycles. The lowest BCUT2D eigenvalue weighted by molar-refractivity contribution is -0.115. The highest BCUT2D eigenvalue weighted by molar-refractivity contribution is 6.03. The minimum atomic E-state index is -2.88. The Hall–Kier alpha value is -4.03. The molecule has 2 fully saturated rings. The second-order valence-corrected chi connectivity index (χ2v) is 12.1. The molecule has 13 heteroatoms. The largest absolute Gasteiger partial charge is 0.471 e. The van der Waals surface area contributed by atoms with Crippen LogP contribution in [0.5, 0.6) is 0 Å². The average Bonchev–Trinajstić information content (AvgIpc) is 3.49. The van der Waals surface area contributed by atoms with E-state index in [9.17, 15) is 23.2 Å². The number of halogens is 2. The molecule has 0 saturated heterocycles. The molecule has 0 radical (unpaired) electrons. The first-order valence-electron chi connectivity index (χ1n) is 14.2. The predicted molar refractivity (Wildman–Crippen MR) is 148 cm³/mol. The van der Waals surface area contributed by atoms with Crippen LogP contribution in [0.2, 0.25) is 0 Å². The lowest BCUT2D eigenvalue weighted by Gasteiger charge is -2.28. The predicted octanol–water partition coefficient (Wildman–Crippen LogP) is 5.71. The van der Waals surface area contributed by atoms with Gasteiger partial charge < -0.3 is 24.5 Å². The normalized spacial score (nSPS) is 22.4. The van der Waals surface area contributed by atoms with Crippen LogP contribution in [-0.4, -0.2) is 50.1 Å². The van der Waals surface area contributed by atoms with Gasteiger partial charge in [0.2, 0.25) is 0 Å². The van der Waals surface area contributed by atoms with Crippen molar-refractivity contribution in [2.24, 2.45) is 11.8 Å². The Morgan fingerprint density at radius 2 is 1.90 bits per heavy atom. The van der Waals surface area contributed by atoms with E-state index in [4.69, 9.17) is 9.47 Å². The van der Waals surface area contributed by atoms with Gasteiger partial charge in [-0.15, -0.1) is 0 Å². The molecular weight excluding hydrogens is 550 g/mol. The van der Waals surface area contributed by atoms with Gasteiger partial charge in [-0.25, -0.2) is 18.6 Å². The molecule has 42 heavy (non-hydrogen) atoms. The first-order valence-corrected chi connectivity index (χ1v) is 14.2. The monoisotopic (exact) mass is 586 g/mol. The van der Waals surface area contributed by atoms with Gasteiger partial charge in [0.05, 0.1) is 11.7 Å². The van der Waals surface area contributed by atoms with Crippen LogP contribution >= 0.6 is 0 Å². The Labute approximate surface area is 242 Å². The highest BCUT2D eigenvalue weighted by Gasteiger charge is 2.38. The van der Waals surface area contributed by atoms with Gasteiger partial charge in [0, 0.05) is 30.4 Å². The van der Waals surface area contributed by atoms with Crippen LogP contribution in [-0.2, 0) is 19.1 Å². The SMILES string of the molecule is CC(C)(C)OC(=O)Nc1cc(C2OC=C(C(=O)Nc3cn(C4CCC(C=O)CC4)nc3C(F)F)N2CC2CC2)ccn1. The van der Waals surface area contributed by atoms with Gasteiger partial charge in [0.15, 0.2) is 11.9 Å². The Morgan fingerprint density at radius 3 is 2.55 bits per heavy atom. The van der Waals surface area contributed by atoms with Crippen molar-refractivity contribution in [1.82, 2.24) is 19.7 Å². The third kappa shape index (κ3) is 7.05. The van der Waals surface area contributed by atoms with Gasteiger partial charge in [-0.1, -0.05) is 0 Å². The summed E-state index contributed by atoms with van der Waals surface area (Å²) in [7, 11) is 0. The summed E-state index contributed by atoms with van der Waals surface area (Å²) in [5.41, 5.74) is -0.402. The number of anilines is 2. The molecule has 11 nitrogen and oxygen atoms in total. The molecule has 2 aromatic rings.